The lowest BCUT2D eigenvalue weighted by molar-refractivity contribution is 0.0593. The van der Waals surface area contributed by atoms with Crippen LogP contribution in [0.3, 0.4) is 0 Å². The van der Waals surface area contributed by atoms with Crippen molar-refractivity contribution in [3.63, 3.8) is 0 Å². The molecule has 5 nitrogen and oxygen atoms in total. The molecule has 1 N–H and O–H groups in total. The summed E-state index contributed by atoms with van der Waals surface area (Å²) in [7, 11) is 1.38. The minimum Gasteiger partial charge on any atom is -0.464 e. The molecular formula is C15H21N3O2. The molecule has 1 aromatic heterocycles. The predicted molar refractivity (Wildman–Crippen MR) is 75.4 cm³/mol. The van der Waals surface area contributed by atoms with E-state index in [0.29, 0.717) is 11.7 Å². The van der Waals surface area contributed by atoms with E-state index in [1.807, 2.05) is 12.1 Å². The van der Waals surface area contributed by atoms with Gasteiger partial charge in [-0.3, -0.25) is 4.90 Å². The van der Waals surface area contributed by atoms with Crippen molar-refractivity contribution in [2.24, 2.45) is 5.92 Å². The number of piperidine rings is 1. The van der Waals surface area contributed by atoms with Gasteiger partial charge in [-0.15, -0.1) is 0 Å². The average Bonchev–Trinajstić information content (AvgIpc) is 2.88. The Bertz CT molecular complexity index is 478. The summed E-state index contributed by atoms with van der Waals surface area (Å²) in [6, 6.07) is 6.17. The van der Waals surface area contributed by atoms with E-state index in [9.17, 15) is 4.79 Å². The Balaban J connectivity index is 1.65. The molecule has 2 unspecified atom stereocenters. The Labute approximate surface area is 119 Å². The topological polar surface area (TPSA) is 54.5 Å². The predicted octanol–water partition coefficient (Wildman–Crippen LogP) is 1.05. The van der Waals surface area contributed by atoms with Crippen LogP contribution in [0.15, 0.2) is 18.2 Å². The normalized spacial score (nSPS) is 26.2. The number of rotatable bonds is 3. The molecule has 0 radical (unpaired) electrons. The van der Waals surface area contributed by atoms with E-state index in [1.54, 1.807) is 6.07 Å². The second-order valence-electron chi connectivity index (χ2n) is 5.66. The fraction of sp³-hybridized carbons (Fsp3) is 0.600. The third-order valence-electron chi connectivity index (χ3n) is 4.26. The first kappa shape index (κ1) is 13.5. The van der Waals surface area contributed by atoms with Crippen LogP contribution in [0.25, 0.3) is 0 Å². The van der Waals surface area contributed by atoms with Crippen molar-refractivity contribution in [1.29, 1.82) is 0 Å². The van der Waals surface area contributed by atoms with Gasteiger partial charge in [0.25, 0.3) is 0 Å². The number of fused-ring (bicyclic) bond motifs is 1. The van der Waals surface area contributed by atoms with Crippen LogP contribution in [0.4, 0.5) is 0 Å². The highest BCUT2D eigenvalue weighted by Gasteiger charge is 2.34. The molecule has 2 aliphatic heterocycles. The van der Waals surface area contributed by atoms with Crippen molar-refractivity contribution < 1.29 is 9.53 Å². The van der Waals surface area contributed by atoms with Crippen LogP contribution in [0.2, 0.25) is 0 Å². The van der Waals surface area contributed by atoms with E-state index in [1.165, 1.54) is 20.0 Å². The lowest BCUT2D eigenvalue weighted by Crippen LogP contribution is -2.40. The van der Waals surface area contributed by atoms with Crippen molar-refractivity contribution >= 4 is 5.97 Å². The summed E-state index contributed by atoms with van der Waals surface area (Å²) in [5, 5.41) is 3.60. The number of hydrogen-bond acceptors (Lipinski definition) is 5. The SMILES string of the molecule is COC(=O)c1cccc(CN2CC3CCCNC3C2)n1. The standard InChI is InChI=1S/C15H21N3O2/c1-20-15(19)13-6-2-5-12(17-13)9-18-8-11-4-3-7-16-14(11)10-18/h2,5-6,11,14,16H,3-4,7-10H2,1H3. The number of ether oxygens (including phenoxy) is 1. The molecule has 2 saturated heterocycles. The fourth-order valence-electron chi connectivity index (χ4n) is 3.28. The minimum atomic E-state index is -0.372. The molecular weight excluding hydrogens is 254 g/mol. The lowest BCUT2D eigenvalue weighted by atomic mass is 9.94. The van der Waals surface area contributed by atoms with Crippen LogP contribution in [0, 0.1) is 5.92 Å². The molecule has 2 aliphatic rings. The number of pyridine rings is 1. The van der Waals surface area contributed by atoms with Crippen molar-refractivity contribution in [3.8, 4) is 0 Å². The van der Waals surface area contributed by atoms with Crippen molar-refractivity contribution in [2.75, 3.05) is 26.7 Å². The molecule has 0 spiro atoms. The molecule has 0 aliphatic carbocycles. The van der Waals surface area contributed by atoms with Gasteiger partial charge in [0.1, 0.15) is 5.69 Å². The molecule has 3 rings (SSSR count). The average molecular weight is 275 g/mol. The molecule has 0 bridgehead atoms. The summed E-state index contributed by atoms with van der Waals surface area (Å²) in [5.74, 6) is 0.399. The summed E-state index contributed by atoms with van der Waals surface area (Å²) in [4.78, 5) is 18.3. The van der Waals surface area contributed by atoms with Gasteiger partial charge in [-0.05, 0) is 37.4 Å². The third kappa shape index (κ3) is 2.83. The fourth-order valence-corrected chi connectivity index (χ4v) is 3.28. The minimum absolute atomic E-state index is 0.372. The number of methoxy groups -OCH3 is 1. The first-order chi connectivity index (χ1) is 9.76. The number of hydrogen-bond donors (Lipinski definition) is 1. The van der Waals surface area contributed by atoms with Crippen LogP contribution < -0.4 is 5.32 Å². The number of nitrogens with zero attached hydrogens (tertiary/aromatic N) is 2. The molecule has 2 fully saturated rings. The Morgan fingerprint density at radius 2 is 2.40 bits per heavy atom. The summed E-state index contributed by atoms with van der Waals surface area (Å²) in [6.45, 7) is 4.15. The summed E-state index contributed by atoms with van der Waals surface area (Å²) >= 11 is 0. The summed E-state index contributed by atoms with van der Waals surface area (Å²) < 4.78 is 4.71. The molecule has 0 aromatic carbocycles. The molecule has 108 valence electrons. The molecule has 1 aromatic rings. The second kappa shape index (κ2) is 5.89. The maximum Gasteiger partial charge on any atom is 0.356 e. The summed E-state index contributed by atoms with van der Waals surface area (Å²) in [5.41, 5.74) is 1.33. The van der Waals surface area contributed by atoms with Crippen molar-refractivity contribution in [3.05, 3.63) is 29.6 Å². The third-order valence-corrected chi connectivity index (χ3v) is 4.26. The first-order valence-electron chi connectivity index (χ1n) is 7.26. The highest BCUT2D eigenvalue weighted by Crippen LogP contribution is 2.25. The quantitative estimate of drug-likeness (QED) is 0.836. The number of carbonyl (C=O) groups excluding carboxylic acids is 1. The Morgan fingerprint density at radius 1 is 1.50 bits per heavy atom. The molecule has 3 heterocycles. The Morgan fingerprint density at radius 3 is 3.20 bits per heavy atom. The van der Waals surface area contributed by atoms with Gasteiger partial charge in [-0.25, -0.2) is 9.78 Å². The van der Waals surface area contributed by atoms with E-state index in [-0.39, 0.29) is 5.97 Å². The zero-order chi connectivity index (χ0) is 13.9. The van der Waals surface area contributed by atoms with E-state index < -0.39 is 0 Å². The van der Waals surface area contributed by atoms with Gasteiger partial charge in [-0.2, -0.15) is 0 Å². The van der Waals surface area contributed by atoms with E-state index in [4.69, 9.17) is 4.74 Å². The maximum absolute atomic E-state index is 11.5. The van der Waals surface area contributed by atoms with Gasteiger partial charge in [0, 0.05) is 25.7 Å². The van der Waals surface area contributed by atoms with Gasteiger partial charge in [-0.1, -0.05) is 6.07 Å². The molecule has 0 saturated carbocycles. The van der Waals surface area contributed by atoms with Crippen LogP contribution >= 0.6 is 0 Å². The second-order valence-corrected chi connectivity index (χ2v) is 5.66. The number of esters is 1. The molecule has 0 amide bonds. The zero-order valence-electron chi connectivity index (χ0n) is 11.8. The zero-order valence-corrected chi connectivity index (χ0v) is 11.8. The highest BCUT2D eigenvalue weighted by molar-refractivity contribution is 5.87. The maximum atomic E-state index is 11.5. The lowest BCUT2D eigenvalue weighted by Gasteiger charge is -2.24. The van der Waals surface area contributed by atoms with Crippen molar-refractivity contribution in [1.82, 2.24) is 15.2 Å². The van der Waals surface area contributed by atoms with E-state index >= 15 is 0 Å². The Kier molecular flexibility index (Phi) is 3.98. The highest BCUT2D eigenvalue weighted by atomic mass is 16.5. The van der Waals surface area contributed by atoms with Crippen molar-refractivity contribution in [2.45, 2.75) is 25.4 Å². The number of likely N-dealkylation sites (tertiary alicyclic amines) is 1. The molecule has 5 heteroatoms. The first-order valence-corrected chi connectivity index (χ1v) is 7.26. The number of aromatic nitrogens is 1. The van der Waals surface area contributed by atoms with Crippen LogP contribution in [-0.2, 0) is 11.3 Å². The largest absolute Gasteiger partial charge is 0.464 e. The molecule has 2 atom stereocenters. The van der Waals surface area contributed by atoms with Crippen LogP contribution in [0.1, 0.15) is 29.0 Å². The van der Waals surface area contributed by atoms with Crippen LogP contribution in [0.5, 0.6) is 0 Å². The smallest absolute Gasteiger partial charge is 0.356 e. The van der Waals surface area contributed by atoms with Gasteiger partial charge in [0.05, 0.1) is 12.8 Å². The summed E-state index contributed by atoms with van der Waals surface area (Å²) in [6.07, 6.45) is 2.61. The van der Waals surface area contributed by atoms with E-state index in [0.717, 1.165) is 37.8 Å². The molecule has 20 heavy (non-hydrogen) atoms. The number of carbonyl (C=O) groups is 1. The van der Waals surface area contributed by atoms with Gasteiger partial charge >= 0.3 is 5.97 Å². The van der Waals surface area contributed by atoms with Gasteiger partial charge < -0.3 is 10.1 Å². The van der Waals surface area contributed by atoms with Gasteiger partial charge in [0.15, 0.2) is 0 Å². The Hall–Kier alpha value is -1.46. The van der Waals surface area contributed by atoms with Crippen LogP contribution in [-0.4, -0.2) is 48.6 Å². The number of nitrogens with one attached hydrogen (secondary N) is 1. The monoisotopic (exact) mass is 275 g/mol. The van der Waals surface area contributed by atoms with E-state index in [2.05, 4.69) is 15.2 Å². The van der Waals surface area contributed by atoms with Gasteiger partial charge in [0.2, 0.25) is 0 Å².